The van der Waals surface area contributed by atoms with Gasteiger partial charge in [-0.2, -0.15) is 0 Å². The van der Waals surface area contributed by atoms with Crippen molar-refractivity contribution in [2.24, 2.45) is 0 Å². The summed E-state index contributed by atoms with van der Waals surface area (Å²) in [6, 6.07) is 29.1. The minimum Gasteiger partial charge on any atom is -0.277 e. The Labute approximate surface area is 137 Å². The number of hydrogen-bond donors (Lipinski definition) is 1. The van der Waals surface area contributed by atoms with Gasteiger partial charge in [0.05, 0.1) is 11.4 Å². The molecule has 0 aromatic heterocycles. The SMILES string of the molecule is C=Cc1ccc(CNN(c2ccccc2)c2ccccc2)cc1. The van der Waals surface area contributed by atoms with Crippen LogP contribution in [0.15, 0.2) is 91.5 Å². The summed E-state index contributed by atoms with van der Waals surface area (Å²) in [4.78, 5) is 0. The van der Waals surface area contributed by atoms with E-state index in [1.807, 2.05) is 42.5 Å². The summed E-state index contributed by atoms with van der Waals surface area (Å²) < 4.78 is 0. The van der Waals surface area contributed by atoms with Crippen LogP contribution in [-0.4, -0.2) is 0 Å². The molecule has 0 saturated heterocycles. The lowest BCUT2D eigenvalue weighted by Crippen LogP contribution is -2.33. The lowest BCUT2D eigenvalue weighted by molar-refractivity contribution is 0.707. The molecule has 3 rings (SSSR count). The molecular formula is C21H20N2. The van der Waals surface area contributed by atoms with E-state index in [-0.39, 0.29) is 0 Å². The first-order valence-corrected chi connectivity index (χ1v) is 7.72. The Hall–Kier alpha value is -2.84. The van der Waals surface area contributed by atoms with Gasteiger partial charge in [-0.25, -0.2) is 5.43 Å². The average molecular weight is 300 g/mol. The molecule has 0 heterocycles. The average Bonchev–Trinajstić information content (AvgIpc) is 2.64. The van der Waals surface area contributed by atoms with E-state index in [2.05, 4.69) is 65.5 Å². The van der Waals surface area contributed by atoms with Crippen LogP contribution in [0.1, 0.15) is 11.1 Å². The standard InChI is InChI=1S/C21H20N2/c1-2-18-13-15-19(16-14-18)17-22-23(20-9-5-3-6-10-20)21-11-7-4-8-12-21/h2-16,22H,1,17H2. The molecule has 23 heavy (non-hydrogen) atoms. The number of rotatable bonds is 6. The molecule has 1 N–H and O–H groups in total. The molecule has 0 radical (unpaired) electrons. The third-order valence-corrected chi connectivity index (χ3v) is 3.69. The summed E-state index contributed by atoms with van der Waals surface area (Å²) in [6.45, 7) is 4.54. The van der Waals surface area contributed by atoms with E-state index in [0.717, 1.165) is 23.5 Å². The Morgan fingerprint density at radius 3 is 1.74 bits per heavy atom. The molecule has 0 aliphatic heterocycles. The first-order chi connectivity index (χ1) is 11.4. The van der Waals surface area contributed by atoms with Gasteiger partial charge in [-0.05, 0) is 35.4 Å². The number of hydrazine groups is 1. The quantitative estimate of drug-likeness (QED) is 0.632. The maximum atomic E-state index is 3.79. The lowest BCUT2D eigenvalue weighted by atomic mass is 10.1. The van der Waals surface area contributed by atoms with Crippen LogP contribution in [0.3, 0.4) is 0 Å². The summed E-state index contributed by atoms with van der Waals surface area (Å²) in [5, 5.41) is 2.11. The van der Waals surface area contributed by atoms with Crippen LogP contribution in [0.4, 0.5) is 11.4 Å². The van der Waals surface area contributed by atoms with Crippen LogP contribution in [-0.2, 0) is 6.54 Å². The molecule has 0 aliphatic rings. The number of hydrogen-bond acceptors (Lipinski definition) is 2. The smallest absolute Gasteiger partial charge is 0.0577 e. The number of para-hydroxylation sites is 2. The zero-order chi connectivity index (χ0) is 15.9. The van der Waals surface area contributed by atoms with Crippen LogP contribution in [0.25, 0.3) is 6.08 Å². The van der Waals surface area contributed by atoms with Crippen molar-refractivity contribution < 1.29 is 0 Å². The molecule has 0 aliphatic carbocycles. The third kappa shape index (κ3) is 3.87. The van der Waals surface area contributed by atoms with Crippen molar-refractivity contribution in [1.29, 1.82) is 0 Å². The molecule has 0 spiro atoms. The van der Waals surface area contributed by atoms with Gasteiger partial charge in [-0.1, -0.05) is 73.3 Å². The van der Waals surface area contributed by atoms with Crippen LogP contribution >= 0.6 is 0 Å². The van der Waals surface area contributed by atoms with E-state index in [9.17, 15) is 0 Å². The molecule has 3 aromatic carbocycles. The van der Waals surface area contributed by atoms with Gasteiger partial charge in [0, 0.05) is 6.54 Å². The highest BCUT2D eigenvalue weighted by molar-refractivity contribution is 5.61. The van der Waals surface area contributed by atoms with E-state index in [1.54, 1.807) is 0 Å². The van der Waals surface area contributed by atoms with Crippen molar-refractivity contribution >= 4 is 17.5 Å². The van der Waals surface area contributed by atoms with Crippen molar-refractivity contribution in [2.75, 3.05) is 5.01 Å². The molecule has 0 bridgehead atoms. The molecule has 0 saturated carbocycles. The van der Waals surface area contributed by atoms with Crippen LogP contribution in [0.2, 0.25) is 0 Å². The minimum atomic E-state index is 0.751. The van der Waals surface area contributed by atoms with Gasteiger partial charge in [0.2, 0.25) is 0 Å². The van der Waals surface area contributed by atoms with Crippen molar-refractivity contribution in [1.82, 2.24) is 5.43 Å². The maximum absolute atomic E-state index is 3.79. The fraction of sp³-hybridized carbons (Fsp3) is 0.0476. The van der Waals surface area contributed by atoms with E-state index in [0.29, 0.717) is 0 Å². The van der Waals surface area contributed by atoms with Gasteiger partial charge in [-0.15, -0.1) is 0 Å². The third-order valence-electron chi connectivity index (χ3n) is 3.69. The van der Waals surface area contributed by atoms with Crippen LogP contribution in [0.5, 0.6) is 0 Å². The highest BCUT2D eigenvalue weighted by Gasteiger charge is 2.08. The summed E-state index contributed by atoms with van der Waals surface area (Å²) in [5.41, 5.74) is 8.10. The lowest BCUT2D eigenvalue weighted by Gasteiger charge is -2.26. The molecule has 0 atom stereocenters. The van der Waals surface area contributed by atoms with Crippen molar-refractivity contribution in [2.45, 2.75) is 6.54 Å². The molecule has 0 amide bonds. The van der Waals surface area contributed by atoms with Gasteiger partial charge in [-0.3, -0.25) is 5.01 Å². The Kier molecular flexibility index (Phi) is 4.87. The molecule has 2 heteroatoms. The van der Waals surface area contributed by atoms with Crippen molar-refractivity contribution in [3.63, 3.8) is 0 Å². The molecule has 0 fully saturated rings. The fourth-order valence-corrected chi connectivity index (χ4v) is 2.43. The van der Waals surface area contributed by atoms with Gasteiger partial charge in [0.15, 0.2) is 0 Å². The number of nitrogens with one attached hydrogen (secondary N) is 1. The Bertz CT molecular complexity index is 694. The zero-order valence-electron chi connectivity index (χ0n) is 13.0. The van der Waals surface area contributed by atoms with Gasteiger partial charge in [0.25, 0.3) is 0 Å². The van der Waals surface area contributed by atoms with Gasteiger partial charge in [0.1, 0.15) is 0 Å². The summed E-state index contributed by atoms with van der Waals surface area (Å²) in [5.74, 6) is 0. The molecule has 114 valence electrons. The van der Waals surface area contributed by atoms with Crippen LogP contribution < -0.4 is 10.4 Å². The predicted octanol–water partition coefficient (Wildman–Crippen LogP) is 5.17. The number of anilines is 2. The van der Waals surface area contributed by atoms with Crippen LogP contribution in [0, 0.1) is 0 Å². The fourth-order valence-electron chi connectivity index (χ4n) is 2.43. The van der Waals surface area contributed by atoms with Crippen molar-refractivity contribution in [3.8, 4) is 0 Å². The Balaban J connectivity index is 1.80. The molecule has 0 unspecified atom stereocenters. The predicted molar refractivity (Wildman–Crippen MR) is 98.4 cm³/mol. The minimum absolute atomic E-state index is 0.751. The molecule has 2 nitrogen and oxygen atoms in total. The topological polar surface area (TPSA) is 15.3 Å². The number of benzene rings is 3. The molecular weight excluding hydrogens is 280 g/mol. The summed E-state index contributed by atoms with van der Waals surface area (Å²) >= 11 is 0. The normalized spacial score (nSPS) is 10.3. The largest absolute Gasteiger partial charge is 0.277 e. The zero-order valence-corrected chi connectivity index (χ0v) is 13.0. The highest BCUT2D eigenvalue weighted by atomic mass is 15.5. The van der Waals surface area contributed by atoms with E-state index in [4.69, 9.17) is 0 Å². The number of nitrogens with zero attached hydrogens (tertiary/aromatic N) is 1. The van der Waals surface area contributed by atoms with Gasteiger partial charge < -0.3 is 0 Å². The van der Waals surface area contributed by atoms with E-state index < -0.39 is 0 Å². The monoisotopic (exact) mass is 300 g/mol. The summed E-state index contributed by atoms with van der Waals surface area (Å²) in [7, 11) is 0. The second-order valence-electron chi connectivity index (χ2n) is 5.29. The van der Waals surface area contributed by atoms with E-state index >= 15 is 0 Å². The van der Waals surface area contributed by atoms with Gasteiger partial charge >= 0.3 is 0 Å². The molecule has 3 aromatic rings. The second-order valence-corrected chi connectivity index (χ2v) is 5.29. The summed E-state index contributed by atoms with van der Waals surface area (Å²) in [6.07, 6.45) is 1.86. The second kappa shape index (κ2) is 7.43. The Morgan fingerprint density at radius 2 is 1.26 bits per heavy atom. The van der Waals surface area contributed by atoms with Crippen molar-refractivity contribution in [3.05, 3.63) is 103 Å². The first kappa shape index (κ1) is 15.1. The first-order valence-electron chi connectivity index (χ1n) is 7.72. The Morgan fingerprint density at radius 1 is 0.739 bits per heavy atom. The van der Waals surface area contributed by atoms with E-state index in [1.165, 1.54) is 5.56 Å². The maximum Gasteiger partial charge on any atom is 0.0577 e. The highest BCUT2D eigenvalue weighted by Crippen LogP contribution is 2.22.